The molecule has 2 aromatic rings. The number of allylic oxidation sites excluding steroid dienone is 1. The van der Waals surface area contributed by atoms with Gasteiger partial charge in [0.2, 0.25) is 0 Å². The predicted octanol–water partition coefficient (Wildman–Crippen LogP) is 4.49. The summed E-state index contributed by atoms with van der Waals surface area (Å²) in [5, 5.41) is 2.92. The van der Waals surface area contributed by atoms with Crippen molar-refractivity contribution in [3.63, 3.8) is 0 Å². The molecule has 3 rings (SSSR count). The minimum absolute atomic E-state index is 0.190. The van der Waals surface area contributed by atoms with E-state index >= 15 is 0 Å². The Morgan fingerprint density at radius 1 is 1.15 bits per heavy atom. The van der Waals surface area contributed by atoms with E-state index in [1.165, 1.54) is 18.4 Å². The Balaban J connectivity index is 1.47. The highest BCUT2D eigenvalue weighted by molar-refractivity contribution is 5.91. The Kier molecular flexibility index (Phi) is 6.36. The normalized spacial score (nSPS) is 13.8. The largest absolute Gasteiger partial charge is 0.493 e. The van der Waals surface area contributed by atoms with E-state index in [0.29, 0.717) is 29.6 Å². The van der Waals surface area contributed by atoms with Crippen molar-refractivity contribution in [2.75, 3.05) is 13.7 Å². The van der Waals surface area contributed by atoms with Crippen molar-refractivity contribution >= 4 is 5.91 Å². The molecule has 0 spiro atoms. The minimum atomic E-state index is -0.190. The lowest BCUT2D eigenvalue weighted by atomic mass is 9.97. The van der Waals surface area contributed by atoms with Crippen LogP contribution in [0.3, 0.4) is 0 Å². The van der Waals surface area contributed by atoms with Gasteiger partial charge < -0.3 is 19.2 Å². The van der Waals surface area contributed by atoms with Crippen molar-refractivity contribution in [3.05, 3.63) is 59.6 Å². The number of furan rings is 1. The SMILES string of the molecule is COc1ccccc1OCc1ccc(C(=O)NCCC2=CCCCC2)o1. The van der Waals surface area contributed by atoms with E-state index in [0.717, 1.165) is 19.3 Å². The predicted molar refractivity (Wildman–Crippen MR) is 99.5 cm³/mol. The fraction of sp³-hybridized carbons (Fsp3) is 0.381. The van der Waals surface area contributed by atoms with E-state index in [9.17, 15) is 4.79 Å². The summed E-state index contributed by atoms with van der Waals surface area (Å²) in [5.41, 5.74) is 1.45. The highest BCUT2D eigenvalue weighted by Gasteiger charge is 2.12. The molecule has 0 aliphatic heterocycles. The Morgan fingerprint density at radius 3 is 2.77 bits per heavy atom. The van der Waals surface area contributed by atoms with Gasteiger partial charge in [-0.25, -0.2) is 0 Å². The number of benzene rings is 1. The third kappa shape index (κ3) is 4.91. The maximum atomic E-state index is 12.2. The molecule has 5 heteroatoms. The van der Waals surface area contributed by atoms with E-state index in [1.807, 2.05) is 24.3 Å². The molecule has 1 aromatic heterocycles. The number of hydrogen-bond acceptors (Lipinski definition) is 4. The molecule has 0 bridgehead atoms. The van der Waals surface area contributed by atoms with Crippen molar-refractivity contribution in [1.82, 2.24) is 5.32 Å². The van der Waals surface area contributed by atoms with Gasteiger partial charge in [-0.05, 0) is 56.4 Å². The second-order valence-corrected chi connectivity index (χ2v) is 6.32. The standard InChI is InChI=1S/C21H25NO4/c1-24-18-9-5-6-10-19(18)25-15-17-11-12-20(26-17)21(23)22-14-13-16-7-3-2-4-8-16/h5-7,9-12H,2-4,8,13-15H2,1H3,(H,22,23). The van der Waals surface area contributed by atoms with Gasteiger partial charge in [0.1, 0.15) is 12.4 Å². The van der Waals surface area contributed by atoms with Crippen LogP contribution in [-0.2, 0) is 6.61 Å². The third-order valence-electron chi connectivity index (χ3n) is 4.44. The first kappa shape index (κ1) is 18.1. The Labute approximate surface area is 154 Å². The van der Waals surface area contributed by atoms with Crippen LogP contribution in [0.5, 0.6) is 11.5 Å². The molecule has 0 saturated heterocycles. The summed E-state index contributed by atoms with van der Waals surface area (Å²) in [5.74, 6) is 2.01. The first-order valence-electron chi connectivity index (χ1n) is 9.07. The number of methoxy groups -OCH3 is 1. The second kappa shape index (κ2) is 9.13. The van der Waals surface area contributed by atoms with Gasteiger partial charge in [0.05, 0.1) is 7.11 Å². The van der Waals surface area contributed by atoms with Gasteiger partial charge >= 0.3 is 0 Å². The molecule has 1 heterocycles. The fourth-order valence-corrected chi connectivity index (χ4v) is 3.02. The van der Waals surface area contributed by atoms with Gasteiger partial charge in [-0.3, -0.25) is 4.79 Å². The van der Waals surface area contributed by atoms with E-state index in [4.69, 9.17) is 13.9 Å². The van der Waals surface area contributed by atoms with Crippen LogP contribution in [0.4, 0.5) is 0 Å². The number of ether oxygens (including phenoxy) is 2. The summed E-state index contributed by atoms with van der Waals surface area (Å²) in [6.45, 7) is 0.874. The zero-order valence-corrected chi connectivity index (χ0v) is 15.1. The highest BCUT2D eigenvalue weighted by Crippen LogP contribution is 2.26. The number of carbonyl (C=O) groups excluding carboxylic acids is 1. The molecule has 26 heavy (non-hydrogen) atoms. The average molecular weight is 355 g/mol. The number of hydrogen-bond donors (Lipinski definition) is 1. The molecule has 1 aliphatic carbocycles. The van der Waals surface area contributed by atoms with Crippen molar-refractivity contribution < 1.29 is 18.7 Å². The molecule has 138 valence electrons. The molecule has 1 aliphatic rings. The van der Waals surface area contributed by atoms with Crippen LogP contribution in [0.15, 0.2) is 52.5 Å². The maximum Gasteiger partial charge on any atom is 0.287 e. The molecule has 1 aromatic carbocycles. The smallest absolute Gasteiger partial charge is 0.287 e. The summed E-state index contributed by atoms with van der Waals surface area (Å²) < 4.78 is 16.5. The zero-order chi connectivity index (χ0) is 18.2. The Morgan fingerprint density at radius 2 is 2.00 bits per heavy atom. The lowest BCUT2D eigenvalue weighted by Gasteiger charge is -2.12. The lowest BCUT2D eigenvalue weighted by Crippen LogP contribution is -2.24. The van der Waals surface area contributed by atoms with Crippen LogP contribution in [0.1, 0.15) is 48.4 Å². The van der Waals surface area contributed by atoms with Crippen LogP contribution in [0.25, 0.3) is 0 Å². The lowest BCUT2D eigenvalue weighted by molar-refractivity contribution is 0.0922. The average Bonchev–Trinajstić information content (AvgIpc) is 3.16. The van der Waals surface area contributed by atoms with Gasteiger partial charge in [0.25, 0.3) is 5.91 Å². The van der Waals surface area contributed by atoms with Crippen molar-refractivity contribution in [1.29, 1.82) is 0 Å². The summed E-state index contributed by atoms with van der Waals surface area (Å²) in [6, 6.07) is 10.8. The summed E-state index contributed by atoms with van der Waals surface area (Å²) in [7, 11) is 1.60. The number of rotatable bonds is 8. The van der Waals surface area contributed by atoms with E-state index in [2.05, 4.69) is 11.4 Å². The summed E-state index contributed by atoms with van der Waals surface area (Å²) in [4.78, 5) is 12.2. The number of nitrogens with one attached hydrogen (secondary N) is 1. The van der Waals surface area contributed by atoms with Crippen molar-refractivity contribution in [2.24, 2.45) is 0 Å². The van der Waals surface area contributed by atoms with E-state index < -0.39 is 0 Å². The maximum absolute atomic E-state index is 12.2. The minimum Gasteiger partial charge on any atom is -0.493 e. The molecule has 1 amide bonds. The number of amides is 1. The van der Waals surface area contributed by atoms with E-state index in [-0.39, 0.29) is 12.5 Å². The Bertz CT molecular complexity index is 763. The first-order chi connectivity index (χ1) is 12.8. The van der Waals surface area contributed by atoms with Gasteiger partial charge in [-0.15, -0.1) is 0 Å². The summed E-state index contributed by atoms with van der Waals surface area (Å²) in [6.07, 6.45) is 8.07. The van der Waals surface area contributed by atoms with Crippen LogP contribution in [0, 0.1) is 0 Å². The van der Waals surface area contributed by atoms with Gasteiger partial charge in [-0.2, -0.15) is 0 Å². The monoisotopic (exact) mass is 355 g/mol. The van der Waals surface area contributed by atoms with Gasteiger partial charge in [0, 0.05) is 6.54 Å². The molecular weight excluding hydrogens is 330 g/mol. The van der Waals surface area contributed by atoms with Crippen molar-refractivity contribution in [2.45, 2.75) is 38.7 Å². The number of para-hydroxylation sites is 2. The Hall–Kier alpha value is -2.69. The molecule has 0 atom stereocenters. The zero-order valence-electron chi connectivity index (χ0n) is 15.1. The van der Waals surface area contributed by atoms with Crippen LogP contribution in [0.2, 0.25) is 0 Å². The van der Waals surface area contributed by atoms with Gasteiger partial charge in [-0.1, -0.05) is 23.8 Å². The van der Waals surface area contributed by atoms with Crippen molar-refractivity contribution in [3.8, 4) is 11.5 Å². The highest BCUT2D eigenvalue weighted by atomic mass is 16.5. The topological polar surface area (TPSA) is 60.7 Å². The van der Waals surface area contributed by atoms with E-state index in [1.54, 1.807) is 19.2 Å². The van der Waals surface area contributed by atoms with Gasteiger partial charge in [0.15, 0.2) is 17.3 Å². The molecular formula is C21H25NO4. The number of carbonyl (C=O) groups is 1. The third-order valence-corrected chi connectivity index (χ3v) is 4.44. The molecule has 5 nitrogen and oxygen atoms in total. The molecule has 0 saturated carbocycles. The fourth-order valence-electron chi connectivity index (χ4n) is 3.02. The van der Waals surface area contributed by atoms with Crippen LogP contribution in [-0.4, -0.2) is 19.6 Å². The first-order valence-corrected chi connectivity index (χ1v) is 9.07. The summed E-state index contributed by atoms with van der Waals surface area (Å²) >= 11 is 0. The molecule has 0 fully saturated rings. The quantitative estimate of drug-likeness (QED) is 0.709. The van der Waals surface area contributed by atoms with Crippen LogP contribution < -0.4 is 14.8 Å². The molecule has 0 radical (unpaired) electrons. The molecule has 1 N–H and O–H groups in total. The molecule has 0 unspecified atom stereocenters. The second-order valence-electron chi connectivity index (χ2n) is 6.32. The van der Waals surface area contributed by atoms with Crippen LogP contribution >= 0.6 is 0 Å².